The monoisotopic (exact) mass is 290 g/mol. The van der Waals surface area contributed by atoms with Crippen LogP contribution in [0.1, 0.15) is 32.3 Å². The van der Waals surface area contributed by atoms with Crippen molar-refractivity contribution >= 4 is 5.91 Å². The number of nitrogens with one attached hydrogen (secondary N) is 1. The zero-order chi connectivity index (χ0) is 15.3. The van der Waals surface area contributed by atoms with E-state index in [1.165, 1.54) is 18.4 Å². The third-order valence-electron chi connectivity index (χ3n) is 4.07. The van der Waals surface area contributed by atoms with Crippen LogP contribution in [-0.2, 0) is 4.79 Å². The lowest BCUT2D eigenvalue weighted by molar-refractivity contribution is -0.123. The molecule has 1 aliphatic heterocycles. The van der Waals surface area contributed by atoms with E-state index in [0.717, 1.165) is 18.8 Å². The maximum Gasteiger partial charge on any atom is 0.258 e. The molecule has 0 aromatic heterocycles. The van der Waals surface area contributed by atoms with Gasteiger partial charge in [-0.05, 0) is 58.8 Å². The van der Waals surface area contributed by atoms with E-state index >= 15 is 0 Å². The number of benzene rings is 1. The number of likely N-dealkylation sites (tertiary alicyclic amines) is 1. The number of hydrogen-bond acceptors (Lipinski definition) is 3. The Hall–Kier alpha value is -1.55. The quantitative estimate of drug-likeness (QED) is 0.874. The van der Waals surface area contributed by atoms with Crippen LogP contribution in [0.3, 0.4) is 0 Å². The second kappa shape index (κ2) is 6.94. The van der Waals surface area contributed by atoms with E-state index in [4.69, 9.17) is 4.74 Å². The van der Waals surface area contributed by atoms with E-state index in [1.54, 1.807) is 0 Å². The van der Waals surface area contributed by atoms with Crippen LogP contribution in [-0.4, -0.2) is 42.6 Å². The molecule has 1 aromatic rings. The van der Waals surface area contributed by atoms with Crippen molar-refractivity contribution in [2.45, 2.75) is 39.2 Å². The lowest BCUT2D eigenvalue weighted by Crippen LogP contribution is -2.51. The van der Waals surface area contributed by atoms with Crippen LogP contribution < -0.4 is 10.1 Å². The van der Waals surface area contributed by atoms with Crippen molar-refractivity contribution in [2.24, 2.45) is 0 Å². The van der Waals surface area contributed by atoms with Crippen molar-refractivity contribution in [3.8, 4) is 5.75 Å². The van der Waals surface area contributed by atoms with E-state index < -0.39 is 0 Å². The van der Waals surface area contributed by atoms with Crippen molar-refractivity contribution in [3.05, 3.63) is 29.8 Å². The lowest BCUT2D eigenvalue weighted by Gasteiger charge is -2.35. The topological polar surface area (TPSA) is 41.6 Å². The molecule has 4 heteroatoms. The smallest absolute Gasteiger partial charge is 0.258 e. The van der Waals surface area contributed by atoms with Crippen LogP contribution >= 0.6 is 0 Å². The van der Waals surface area contributed by atoms with Gasteiger partial charge in [-0.1, -0.05) is 17.7 Å². The highest BCUT2D eigenvalue weighted by Gasteiger charge is 2.29. The van der Waals surface area contributed by atoms with Crippen molar-refractivity contribution in [3.63, 3.8) is 0 Å². The molecule has 116 valence electrons. The SMILES string of the molecule is Cc1ccc(OCC(=O)NCC(C)(C)N2CCCC2)cc1. The van der Waals surface area contributed by atoms with Crippen LogP contribution in [0.4, 0.5) is 0 Å². The van der Waals surface area contributed by atoms with E-state index in [1.807, 2.05) is 31.2 Å². The molecule has 0 unspecified atom stereocenters. The van der Waals surface area contributed by atoms with Gasteiger partial charge in [0, 0.05) is 12.1 Å². The first kappa shape index (κ1) is 15.8. The third kappa shape index (κ3) is 4.74. The summed E-state index contributed by atoms with van der Waals surface area (Å²) in [6.07, 6.45) is 2.52. The van der Waals surface area contributed by atoms with Crippen LogP contribution in [0.25, 0.3) is 0 Å². The number of aryl methyl sites for hydroxylation is 1. The molecule has 1 aromatic carbocycles. The molecule has 2 rings (SSSR count). The van der Waals surface area contributed by atoms with E-state index in [0.29, 0.717) is 6.54 Å². The fourth-order valence-corrected chi connectivity index (χ4v) is 2.58. The summed E-state index contributed by atoms with van der Waals surface area (Å²) in [7, 11) is 0. The van der Waals surface area contributed by atoms with Crippen molar-refractivity contribution in [1.29, 1.82) is 0 Å². The maximum atomic E-state index is 11.9. The minimum absolute atomic E-state index is 0.00994. The summed E-state index contributed by atoms with van der Waals surface area (Å²) in [5.41, 5.74) is 1.19. The number of rotatable bonds is 6. The van der Waals surface area contributed by atoms with Gasteiger partial charge in [-0.3, -0.25) is 9.69 Å². The Morgan fingerprint density at radius 3 is 2.48 bits per heavy atom. The predicted octanol–water partition coefficient (Wildman–Crippen LogP) is 2.36. The van der Waals surface area contributed by atoms with E-state index in [9.17, 15) is 4.79 Å². The third-order valence-corrected chi connectivity index (χ3v) is 4.07. The molecule has 0 aliphatic carbocycles. The molecule has 0 radical (unpaired) electrons. The highest BCUT2D eigenvalue weighted by molar-refractivity contribution is 5.77. The molecule has 1 aliphatic rings. The molecule has 1 fully saturated rings. The Balaban J connectivity index is 1.73. The Bertz CT molecular complexity index is 462. The molecule has 21 heavy (non-hydrogen) atoms. The average molecular weight is 290 g/mol. The normalized spacial score (nSPS) is 16.0. The summed E-state index contributed by atoms with van der Waals surface area (Å²) < 4.78 is 5.49. The second-order valence-corrected chi connectivity index (χ2v) is 6.39. The molecule has 1 saturated heterocycles. The number of amides is 1. The molecule has 0 saturated carbocycles. The molecular weight excluding hydrogens is 264 g/mol. The fourth-order valence-electron chi connectivity index (χ4n) is 2.58. The Morgan fingerprint density at radius 1 is 1.24 bits per heavy atom. The average Bonchev–Trinajstić information content (AvgIpc) is 3.00. The molecule has 1 heterocycles. The minimum Gasteiger partial charge on any atom is -0.484 e. The number of carbonyl (C=O) groups is 1. The van der Waals surface area contributed by atoms with Gasteiger partial charge in [-0.2, -0.15) is 0 Å². The Kier molecular flexibility index (Phi) is 5.23. The largest absolute Gasteiger partial charge is 0.484 e. The van der Waals surface area contributed by atoms with Gasteiger partial charge in [0.25, 0.3) is 5.91 Å². The molecule has 0 spiro atoms. The summed E-state index contributed by atoms with van der Waals surface area (Å²) in [4.78, 5) is 14.3. The minimum atomic E-state index is -0.0668. The van der Waals surface area contributed by atoms with Gasteiger partial charge < -0.3 is 10.1 Å². The van der Waals surface area contributed by atoms with Gasteiger partial charge in [0.1, 0.15) is 5.75 Å². The van der Waals surface area contributed by atoms with Crippen LogP contribution in [0.15, 0.2) is 24.3 Å². The molecule has 0 atom stereocenters. The van der Waals surface area contributed by atoms with Gasteiger partial charge in [-0.15, -0.1) is 0 Å². The number of nitrogens with zero attached hydrogens (tertiary/aromatic N) is 1. The summed E-state index contributed by atoms with van der Waals surface area (Å²) in [6, 6.07) is 7.72. The van der Waals surface area contributed by atoms with Crippen LogP contribution in [0.2, 0.25) is 0 Å². The first-order chi connectivity index (χ1) is 9.97. The highest BCUT2D eigenvalue weighted by atomic mass is 16.5. The predicted molar refractivity (Wildman–Crippen MR) is 84.6 cm³/mol. The highest BCUT2D eigenvalue weighted by Crippen LogP contribution is 2.20. The molecule has 0 bridgehead atoms. The molecule has 1 N–H and O–H groups in total. The van der Waals surface area contributed by atoms with Gasteiger partial charge in [0.15, 0.2) is 6.61 Å². The first-order valence-corrected chi connectivity index (χ1v) is 7.69. The number of ether oxygens (including phenoxy) is 1. The summed E-state index contributed by atoms with van der Waals surface area (Å²) in [5, 5.41) is 2.98. The lowest BCUT2D eigenvalue weighted by atomic mass is 10.0. The summed E-state index contributed by atoms with van der Waals surface area (Å²) >= 11 is 0. The van der Waals surface area contributed by atoms with Crippen molar-refractivity contribution < 1.29 is 9.53 Å². The van der Waals surface area contributed by atoms with Gasteiger partial charge in [0.05, 0.1) is 0 Å². The van der Waals surface area contributed by atoms with Crippen LogP contribution in [0, 0.1) is 6.92 Å². The van der Waals surface area contributed by atoms with Crippen LogP contribution in [0.5, 0.6) is 5.75 Å². The van der Waals surface area contributed by atoms with E-state index in [2.05, 4.69) is 24.1 Å². The Morgan fingerprint density at radius 2 is 1.86 bits per heavy atom. The molecule has 4 nitrogen and oxygen atoms in total. The molecular formula is C17H26N2O2. The van der Waals surface area contributed by atoms with Crippen molar-refractivity contribution in [2.75, 3.05) is 26.2 Å². The fraction of sp³-hybridized carbons (Fsp3) is 0.588. The zero-order valence-electron chi connectivity index (χ0n) is 13.3. The zero-order valence-corrected chi connectivity index (χ0v) is 13.3. The maximum absolute atomic E-state index is 11.9. The van der Waals surface area contributed by atoms with Gasteiger partial charge in [-0.25, -0.2) is 0 Å². The summed E-state index contributed by atoms with van der Waals surface area (Å²) in [5.74, 6) is 0.664. The van der Waals surface area contributed by atoms with Crippen molar-refractivity contribution in [1.82, 2.24) is 10.2 Å². The number of hydrogen-bond donors (Lipinski definition) is 1. The standard InChI is InChI=1S/C17H26N2O2/c1-14-6-8-15(9-7-14)21-12-16(20)18-13-17(2,3)19-10-4-5-11-19/h6-9H,4-5,10-13H2,1-3H3,(H,18,20). The first-order valence-electron chi connectivity index (χ1n) is 7.69. The Labute approximate surface area is 127 Å². The second-order valence-electron chi connectivity index (χ2n) is 6.39. The van der Waals surface area contributed by atoms with Gasteiger partial charge in [0.2, 0.25) is 0 Å². The van der Waals surface area contributed by atoms with E-state index in [-0.39, 0.29) is 18.1 Å². The summed E-state index contributed by atoms with van der Waals surface area (Å²) in [6.45, 7) is 9.36. The molecule has 1 amide bonds. The number of carbonyl (C=O) groups excluding carboxylic acids is 1. The van der Waals surface area contributed by atoms with Gasteiger partial charge >= 0.3 is 0 Å².